The third-order valence-electron chi connectivity index (χ3n) is 1.58. The fourth-order valence-corrected chi connectivity index (χ4v) is 0.923. The highest BCUT2D eigenvalue weighted by Gasteiger charge is 2.14. The summed E-state index contributed by atoms with van der Waals surface area (Å²) in [5.74, 6) is -0.419. The van der Waals surface area contributed by atoms with E-state index in [9.17, 15) is 9.59 Å². The smallest absolute Gasteiger partial charge is 0.435 e. The third kappa shape index (κ3) is 8.05. The van der Waals surface area contributed by atoms with Crippen LogP contribution in [0, 0.1) is 0 Å². The molecule has 0 aliphatic carbocycles. The molecule has 0 heterocycles. The molecule has 0 fully saturated rings. The average Bonchev–Trinajstić information content (AvgIpc) is 2.17. The Kier molecular flexibility index (Phi) is 8.24. The SMILES string of the molecule is CCNCCC(=O)OC(C)OC(=O)OCC. The van der Waals surface area contributed by atoms with Crippen LogP contribution in [0.2, 0.25) is 0 Å². The summed E-state index contributed by atoms with van der Waals surface area (Å²) in [4.78, 5) is 22.0. The number of hydrogen-bond acceptors (Lipinski definition) is 6. The van der Waals surface area contributed by atoms with Crippen molar-refractivity contribution in [1.82, 2.24) is 5.32 Å². The number of carbonyl (C=O) groups excluding carboxylic acids is 2. The molecule has 0 aliphatic heterocycles. The van der Waals surface area contributed by atoms with Gasteiger partial charge in [-0.3, -0.25) is 4.79 Å². The minimum Gasteiger partial charge on any atom is -0.435 e. The maximum Gasteiger partial charge on any atom is 0.511 e. The van der Waals surface area contributed by atoms with Gasteiger partial charge in [0.25, 0.3) is 0 Å². The highest BCUT2D eigenvalue weighted by molar-refractivity contribution is 5.70. The van der Waals surface area contributed by atoms with E-state index in [-0.39, 0.29) is 13.0 Å². The van der Waals surface area contributed by atoms with Gasteiger partial charge < -0.3 is 19.5 Å². The van der Waals surface area contributed by atoms with E-state index in [1.807, 2.05) is 6.92 Å². The van der Waals surface area contributed by atoms with Crippen molar-refractivity contribution < 1.29 is 23.8 Å². The molecular weight excluding hydrogens is 214 g/mol. The molecule has 0 radical (unpaired) electrons. The van der Waals surface area contributed by atoms with Crippen molar-refractivity contribution in [3.05, 3.63) is 0 Å². The lowest BCUT2D eigenvalue weighted by Gasteiger charge is -2.13. The second-order valence-electron chi connectivity index (χ2n) is 2.96. The van der Waals surface area contributed by atoms with Crippen molar-refractivity contribution in [3.63, 3.8) is 0 Å². The number of carbonyl (C=O) groups is 2. The van der Waals surface area contributed by atoms with Gasteiger partial charge in [0.2, 0.25) is 6.29 Å². The third-order valence-corrected chi connectivity index (χ3v) is 1.58. The van der Waals surface area contributed by atoms with Crippen LogP contribution < -0.4 is 5.32 Å². The van der Waals surface area contributed by atoms with E-state index in [0.717, 1.165) is 6.54 Å². The monoisotopic (exact) mass is 233 g/mol. The van der Waals surface area contributed by atoms with Gasteiger partial charge in [-0.2, -0.15) is 0 Å². The summed E-state index contributed by atoms with van der Waals surface area (Å²) >= 11 is 0. The topological polar surface area (TPSA) is 73.9 Å². The van der Waals surface area contributed by atoms with Crippen molar-refractivity contribution in [1.29, 1.82) is 0 Å². The molecule has 0 bridgehead atoms. The molecule has 6 nitrogen and oxygen atoms in total. The van der Waals surface area contributed by atoms with Crippen LogP contribution in [-0.2, 0) is 19.0 Å². The van der Waals surface area contributed by atoms with E-state index in [4.69, 9.17) is 4.74 Å². The number of ether oxygens (including phenoxy) is 3. The Balaban J connectivity index is 3.65. The van der Waals surface area contributed by atoms with Crippen molar-refractivity contribution >= 4 is 12.1 Å². The highest BCUT2D eigenvalue weighted by Crippen LogP contribution is 1.98. The Morgan fingerprint density at radius 2 is 1.94 bits per heavy atom. The van der Waals surface area contributed by atoms with Gasteiger partial charge in [0.15, 0.2) is 0 Å². The first-order valence-corrected chi connectivity index (χ1v) is 5.33. The van der Waals surface area contributed by atoms with Gasteiger partial charge in [0, 0.05) is 13.5 Å². The molecule has 1 N–H and O–H groups in total. The van der Waals surface area contributed by atoms with Gasteiger partial charge in [0.05, 0.1) is 13.0 Å². The lowest BCUT2D eigenvalue weighted by molar-refractivity contribution is -0.167. The zero-order valence-electron chi connectivity index (χ0n) is 9.95. The first kappa shape index (κ1) is 14.7. The summed E-state index contributed by atoms with van der Waals surface area (Å²) < 4.78 is 14.0. The second kappa shape index (κ2) is 8.96. The summed E-state index contributed by atoms with van der Waals surface area (Å²) in [5, 5.41) is 2.98. The van der Waals surface area contributed by atoms with Crippen LogP contribution in [0.15, 0.2) is 0 Å². The molecule has 0 aromatic rings. The largest absolute Gasteiger partial charge is 0.511 e. The summed E-state index contributed by atoms with van der Waals surface area (Å²) in [7, 11) is 0. The van der Waals surface area contributed by atoms with Crippen molar-refractivity contribution in [3.8, 4) is 0 Å². The van der Waals surface area contributed by atoms with Gasteiger partial charge in [0.1, 0.15) is 0 Å². The molecule has 1 atom stereocenters. The predicted octanol–water partition coefficient (Wildman–Crippen LogP) is 1.05. The molecule has 0 aliphatic rings. The normalized spacial score (nSPS) is 11.7. The van der Waals surface area contributed by atoms with E-state index in [2.05, 4.69) is 14.8 Å². The molecule has 0 rings (SSSR count). The van der Waals surface area contributed by atoms with Crippen molar-refractivity contribution in [2.45, 2.75) is 33.5 Å². The standard InChI is InChI=1S/C10H19NO5/c1-4-11-7-6-9(12)15-8(3)16-10(13)14-5-2/h8,11H,4-7H2,1-3H3. The zero-order valence-corrected chi connectivity index (χ0v) is 9.95. The van der Waals surface area contributed by atoms with Gasteiger partial charge >= 0.3 is 12.1 Å². The van der Waals surface area contributed by atoms with Crippen LogP contribution in [0.4, 0.5) is 4.79 Å². The van der Waals surface area contributed by atoms with E-state index < -0.39 is 18.4 Å². The quantitative estimate of drug-likeness (QED) is 0.402. The highest BCUT2D eigenvalue weighted by atomic mass is 16.8. The van der Waals surface area contributed by atoms with Crippen LogP contribution in [0.3, 0.4) is 0 Å². The van der Waals surface area contributed by atoms with Crippen LogP contribution in [0.1, 0.15) is 27.2 Å². The number of hydrogen-bond donors (Lipinski definition) is 1. The van der Waals surface area contributed by atoms with Crippen LogP contribution in [-0.4, -0.2) is 38.1 Å². The summed E-state index contributed by atoms with van der Waals surface area (Å²) in [6.45, 7) is 6.62. The van der Waals surface area contributed by atoms with Gasteiger partial charge in [-0.15, -0.1) is 0 Å². The molecule has 16 heavy (non-hydrogen) atoms. The maximum atomic E-state index is 11.2. The molecule has 0 saturated heterocycles. The second-order valence-corrected chi connectivity index (χ2v) is 2.96. The molecule has 6 heteroatoms. The fourth-order valence-electron chi connectivity index (χ4n) is 0.923. The molecule has 1 unspecified atom stereocenters. The van der Waals surface area contributed by atoms with Gasteiger partial charge in [-0.25, -0.2) is 4.79 Å². The van der Waals surface area contributed by atoms with Crippen molar-refractivity contribution in [2.24, 2.45) is 0 Å². The summed E-state index contributed by atoms with van der Waals surface area (Å²) in [6.07, 6.45) is -1.52. The Labute approximate surface area is 95.2 Å². The molecule has 0 spiro atoms. The maximum absolute atomic E-state index is 11.2. The number of nitrogens with one attached hydrogen (secondary N) is 1. The van der Waals surface area contributed by atoms with Crippen LogP contribution in [0.25, 0.3) is 0 Å². The number of esters is 1. The first-order chi connectivity index (χ1) is 7.60. The first-order valence-electron chi connectivity index (χ1n) is 5.33. The Hall–Kier alpha value is -1.30. The minimum atomic E-state index is -0.923. The molecule has 0 aromatic carbocycles. The fraction of sp³-hybridized carbons (Fsp3) is 0.800. The van der Waals surface area contributed by atoms with E-state index in [1.54, 1.807) is 6.92 Å². The van der Waals surface area contributed by atoms with Crippen molar-refractivity contribution in [2.75, 3.05) is 19.7 Å². The molecule has 0 saturated carbocycles. The lowest BCUT2D eigenvalue weighted by atomic mass is 10.4. The zero-order chi connectivity index (χ0) is 12.4. The average molecular weight is 233 g/mol. The molecule has 0 aromatic heterocycles. The minimum absolute atomic E-state index is 0.222. The van der Waals surface area contributed by atoms with Crippen LogP contribution in [0.5, 0.6) is 0 Å². The van der Waals surface area contributed by atoms with E-state index in [0.29, 0.717) is 6.54 Å². The summed E-state index contributed by atoms with van der Waals surface area (Å²) in [5.41, 5.74) is 0. The van der Waals surface area contributed by atoms with Gasteiger partial charge in [-0.1, -0.05) is 6.92 Å². The van der Waals surface area contributed by atoms with Gasteiger partial charge in [-0.05, 0) is 13.5 Å². The van der Waals surface area contributed by atoms with E-state index in [1.165, 1.54) is 6.92 Å². The van der Waals surface area contributed by atoms with E-state index >= 15 is 0 Å². The lowest BCUT2D eigenvalue weighted by Crippen LogP contribution is -2.25. The summed E-state index contributed by atoms with van der Waals surface area (Å²) in [6, 6.07) is 0. The molecular formula is C10H19NO5. The Morgan fingerprint density at radius 1 is 1.25 bits per heavy atom. The predicted molar refractivity (Wildman–Crippen MR) is 56.8 cm³/mol. The van der Waals surface area contributed by atoms with Crippen LogP contribution >= 0.6 is 0 Å². The molecule has 0 amide bonds. The Bertz CT molecular complexity index is 219. The molecule has 94 valence electrons. The Morgan fingerprint density at radius 3 is 2.50 bits per heavy atom. The number of rotatable bonds is 7.